The maximum Gasteiger partial charge on any atom is 0.118 e. The van der Waals surface area contributed by atoms with Crippen LogP contribution in [0.15, 0.2) is 54.7 Å². The number of aromatic amines is 1. The summed E-state index contributed by atoms with van der Waals surface area (Å²) < 4.78 is 0. The summed E-state index contributed by atoms with van der Waals surface area (Å²) in [5.74, 6) is 0. The Balaban J connectivity index is 2.12. The van der Waals surface area contributed by atoms with Gasteiger partial charge in [-0.25, -0.2) is 4.98 Å². The third-order valence-corrected chi connectivity index (χ3v) is 3.94. The van der Waals surface area contributed by atoms with Crippen molar-refractivity contribution in [3.8, 4) is 0 Å². The molecule has 0 spiro atoms. The van der Waals surface area contributed by atoms with Crippen LogP contribution in [0.4, 0.5) is 0 Å². The molecule has 0 saturated carbocycles. The number of benzene rings is 2. The molecule has 0 fully saturated rings. The van der Waals surface area contributed by atoms with Crippen molar-refractivity contribution in [1.82, 2.24) is 20.2 Å². The Labute approximate surface area is 119 Å². The number of rotatable bonds is 0. The fourth-order valence-electron chi connectivity index (χ4n) is 3.03. The molecule has 3 heterocycles. The lowest BCUT2D eigenvalue weighted by Gasteiger charge is -1.93. The van der Waals surface area contributed by atoms with Crippen LogP contribution in [0, 0.1) is 0 Å². The van der Waals surface area contributed by atoms with Crippen LogP contribution in [0.3, 0.4) is 0 Å². The van der Waals surface area contributed by atoms with Gasteiger partial charge in [-0.2, -0.15) is 5.10 Å². The SMILES string of the molecule is c1ccc2c(c1)nc1ccc3c4nncccc4[nH]c3c12. The fourth-order valence-corrected chi connectivity index (χ4v) is 3.03. The van der Waals surface area contributed by atoms with Gasteiger partial charge < -0.3 is 4.98 Å². The molecule has 0 aliphatic rings. The van der Waals surface area contributed by atoms with E-state index in [1.54, 1.807) is 6.20 Å². The Morgan fingerprint density at radius 1 is 0.810 bits per heavy atom. The minimum absolute atomic E-state index is 0.891. The predicted octanol–water partition coefficient (Wildman–Crippen LogP) is 3.81. The van der Waals surface area contributed by atoms with Crippen molar-refractivity contribution in [2.45, 2.75) is 0 Å². The van der Waals surface area contributed by atoms with Crippen molar-refractivity contribution in [3.63, 3.8) is 0 Å². The average molecular weight is 270 g/mol. The van der Waals surface area contributed by atoms with Crippen molar-refractivity contribution in [1.29, 1.82) is 0 Å². The number of fused-ring (bicyclic) bond motifs is 7. The van der Waals surface area contributed by atoms with E-state index in [0.717, 1.165) is 38.4 Å². The van der Waals surface area contributed by atoms with Crippen LogP contribution < -0.4 is 0 Å². The first-order valence-corrected chi connectivity index (χ1v) is 6.82. The molecule has 4 nitrogen and oxygen atoms in total. The highest BCUT2D eigenvalue weighted by atomic mass is 15.1. The maximum atomic E-state index is 4.69. The number of H-pyrrole nitrogens is 1. The van der Waals surface area contributed by atoms with Crippen molar-refractivity contribution in [2.24, 2.45) is 0 Å². The Hall–Kier alpha value is -3.01. The van der Waals surface area contributed by atoms with Crippen LogP contribution in [-0.2, 0) is 0 Å². The molecular weight excluding hydrogens is 260 g/mol. The molecule has 0 radical (unpaired) electrons. The summed E-state index contributed by atoms with van der Waals surface area (Å²) in [6.07, 6.45) is 1.69. The van der Waals surface area contributed by atoms with Gasteiger partial charge in [0.2, 0.25) is 0 Å². The van der Waals surface area contributed by atoms with Gasteiger partial charge in [0.1, 0.15) is 5.52 Å². The second-order valence-electron chi connectivity index (χ2n) is 5.12. The topological polar surface area (TPSA) is 54.5 Å². The largest absolute Gasteiger partial charge is 0.353 e. The highest BCUT2D eigenvalue weighted by molar-refractivity contribution is 6.23. The number of nitrogens with zero attached hydrogens (tertiary/aromatic N) is 3. The number of aromatic nitrogens is 4. The van der Waals surface area contributed by atoms with E-state index >= 15 is 0 Å². The second kappa shape index (κ2) is 3.76. The van der Waals surface area contributed by atoms with E-state index < -0.39 is 0 Å². The molecule has 4 heteroatoms. The van der Waals surface area contributed by atoms with E-state index in [9.17, 15) is 0 Å². The summed E-state index contributed by atoms with van der Waals surface area (Å²) in [6, 6.07) is 16.2. The normalized spacial score (nSPS) is 11.8. The van der Waals surface area contributed by atoms with E-state index in [1.807, 2.05) is 30.3 Å². The molecule has 0 aliphatic heterocycles. The Kier molecular flexibility index (Phi) is 1.92. The molecule has 0 aliphatic carbocycles. The van der Waals surface area contributed by atoms with Crippen molar-refractivity contribution >= 4 is 43.7 Å². The summed E-state index contributed by atoms with van der Waals surface area (Å²) in [7, 11) is 0. The molecule has 5 rings (SSSR count). The molecule has 0 atom stereocenters. The van der Waals surface area contributed by atoms with Crippen LogP contribution in [0.25, 0.3) is 43.7 Å². The first-order valence-electron chi connectivity index (χ1n) is 6.82. The highest BCUT2D eigenvalue weighted by Gasteiger charge is 2.12. The molecular formula is C17H10N4. The lowest BCUT2D eigenvalue weighted by molar-refractivity contribution is 1.09. The van der Waals surface area contributed by atoms with Gasteiger partial charge in [0.05, 0.1) is 22.1 Å². The Morgan fingerprint density at radius 3 is 2.76 bits per heavy atom. The summed E-state index contributed by atoms with van der Waals surface area (Å²) in [5.41, 5.74) is 4.99. The lowest BCUT2D eigenvalue weighted by atomic mass is 10.1. The number of nitrogens with one attached hydrogen (secondary N) is 1. The van der Waals surface area contributed by atoms with Gasteiger partial charge in [0, 0.05) is 22.4 Å². The van der Waals surface area contributed by atoms with Gasteiger partial charge >= 0.3 is 0 Å². The van der Waals surface area contributed by atoms with Gasteiger partial charge in [-0.3, -0.25) is 0 Å². The van der Waals surface area contributed by atoms with Gasteiger partial charge in [-0.1, -0.05) is 18.2 Å². The summed E-state index contributed by atoms with van der Waals surface area (Å²) in [4.78, 5) is 8.17. The number of hydrogen-bond donors (Lipinski definition) is 1. The maximum absolute atomic E-state index is 4.69. The zero-order chi connectivity index (χ0) is 13.8. The summed E-state index contributed by atoms with van der Waals surface area (Å²) in [5, 5.41) is 11.8. The molecule has 2 aromatic carbocycles. The fraction of sp³-hybridized carbons (Fsp3) is 0. The highest BCUT2D eigenvalue weighted by Crippen LogP contribution is 2.34. The van der Waals surface area contributed by atoms with Crippen LogP contribution in [0.1, 0.15) is 0 Å². The lowest BCUT2D eigenvalue weighted by Crippen LogP contribution is -1.74. The van der Waals surface area contributed by atoms with E-state index in [-0.39, 0.29) is 0 Å². The molecule has 1 N–H and O–H groups in total. The Bertz CT molecular complexity index is 1140. The number of hydrogen-bond acceptors (Lipinski definition) is 3. The van der Waals surface area contributed by atoms with Gasteiger partial charge in [-0.15, -0.1) is 5.10 Å². The molecule has 0 saturated heterocycles. The Morgan fingerprint density at radius 2 is 1.76 bits per heavy atom. The smallest absolute Gasteiger partial charge is 0.118 e. The minimum atomic E-state index is 0.891. The predicted molar refractivity (Wildman–Crippen MR) is 84.2 cm³/mol. The molecule has 21 heavy (non-hydrogen) atoms. The van der Waals surface area contributed by atoms with Gasteiger partial charge in [0.25, 0.3) is 0 Å². The molecule has 98 valence electrons. The van der Waals surface area contributed by atoms with Gasteiger partial charge in [-0.05, 0) is 30.3 Å². The molecule has 0 unspecified atom stereocenters. The van der Waals surface area contributed by atoms with Crippen molar-refractivity contribution in [2.75, 3.05) is 0 Å². The van der Waals surface area contributed by atoms with E-state index in [0.29, 0.717) is 0 Å². The summed E-state index contributed by atoms with van der Waals surface area (Å²) in [6.45, 7) is 0. The molecule has 0 bridgehead atoms. The van der Waals surface area contributed by atoms with Gasteiger partial charge in [0.15, 0.2) is 0 Å². The van der Waals surface area contributed by atoms with Crippen LogP contribution in [0.2, 0.25) is 0 Å². The van der Waals surface area contributed by atoms with Crippen molar-refractivity contribution in [3.05, 3.63) is 54.7 Å². The second-order valence-corrected chi connectivity index (χ2v) is 5.12. The number of para-hydroxylation sites is 1. The third kappa shape index (κ3) is 1.36. The molecule has 5 aromatic rings. The molecule has 3 aromatic heterocycles. The average Bonchev–Trinajstić information content (AvgIpc) is 2.96. The first-order chi connectivity index (χ1) is 10.4. The van der Waals surface area contributed by atoms with E-state index in [1.165, 1.54) is 5.39 Å². The van der Waals surface area contributed by atoms with Crippen LogP contribution in [-0.4, -0.2) is 20.2 Å². The van der Waals surface area contributed by atoms with E-state index in [4.69, 9.17) is 4.98 Å². The zero-order valence-corrected chi connectivity index (χ0v) is 11.0. The van der Waals surface area contributed by atoms with Crippen LogP contribution >= 0.6 is 0 Å². The summed E-state index contributed by atoms with van der Waals surface area (Å²) >= 11 is 0. The standard InChI is InChI=1S/C17H10N4/c1-2-5-12-10(4-1)15-13(19-12)8-7-11-16-14(20-17(11)15)6-3-9-18-21-16/h1-9,20H. The third-order valence-electron chi connectivity index (χ3n) is 3.94. The van der Waals surface area contributed by atoms with Crippen LogP contribution in [0.5, 0.6) is 0 Å². The first kappa shape index (κ1) is 10.7. The zero-order valence-electron chi connectivity index (χ0n) is 11.0. The molecule has 0 amide bonds. The van der Waals surface area contributed by atoms with E-state index in [2.05, 4.69) is 33.4 Å². The quantitative estimate of drug-likeness (QED) is 0.465. The van der Waals surface area contributed by atoms with Crippen molar-refractivity contribution < 1.29 is 0 Å². The monoisotopic (exact) mass is 270 g/mol. The minimum Gasteiger partial charge on any atom is -0.353 e.